The number of nitrogens with zero attached hydrogens (tertiary/aromatic N) is 1. The SMILES string of the molecule is COC(=O)C1CC(=O)OC12C(=O)N(C)c1ccccc12. The number of amides is 1. The number of rotatable bonds is 1. The molecule has 0 aromatic heterocycles. The molecule has 2 atom stereocenters. The van der Waals surface area contributed by atoms with Crippen LogP contribution < -0.4 is 4.90 Å². The van der Waals surface area contributed by atoms with E-state index in [1.54, 1.807) is 31.3 Å². The summed E-state index contributed by atoms with van der Waals surface area (Å²) < 4.78 is 10.0. The summed E-state index contributed by atoms with van der Waals surface area (Å²) in [5, 5.41) is 0. The maximum Gasteiger partial charge on any atom is 0.314 e. The second-order valence-electron chi connectivity index (χ2n) is 4.87. The topological polar surface area (TPSA) is 72.9 Å². The van der Waals surface area contributed by atoms with Gasteiger partial charge in [0.15, 0.2) is 0 Å². The van der Waals surface area contributed by atoms with E-state index in [1.165, 1.54) is 12.0 Å². The van der Waals surface area contributed by atoms with Crippen LogP contribution in [-0.4, -0.2) is 32.0 Å². The summed E-state index contributed by atoms with van der Waals surface area (Å²) in [6.45, 7) is 0. The number of benzene rings is 1. The number of esters is 2. The van der Waals surface area contributed by atoms with Gasteiger partial charge in [0.25, 0.3) is 5.91 Å². The van der Waals surface area contributed by atoms with E-state index in [2.05, 4.69) is 0 Å². The largest absolute Gasteiger partial charge is 0.469 e. The van der Waals surface area contributed by atoms with Crippen LogP contribution in [0.3, 0.4) is 0 Å². The molecule has 2 heterocycles. The minimum atomic E-state index is -1.57. The summed E-state index contributed by atoms with van der Waals surface area (Å²) in [5.74, 6) is -2.55. The van der Waals surface area contributed by atoms with Crippen LogP contribution in [0.15, 0.2) is 24.3 Å². The van der Waals surface area contributed by atoms with Gasteiger partial charge in [0.2, 0.25) is 5.60 Å². The van der Waals surface area contributed by atoms with E-state index in [-0.39, 0.29) is 6.42 Å². The van der Waals surface area contributed by atoms with Gasteiger partial charge in [-0.15, -0.1) is 0 Å². The van der Waals surface area contributed by atoms with Crippen LogP contribution in [0.4, 0.5) is 5.69 Å². The lowest BCUT2D eigenvalue weighted by Gasteiger charge is -2.26. The van der Waals surface area contributed by atoms with E-state index < -0.39 is 29.4 Å². The lowest BCUT2D eigenvalue weighted by atomic mass is 9.82. The second-order valence-corrected chi connectivity index (χ2v) is 4.87. The van der Waals surface area contributed by atoms with Crippen molar-refractivity contribution in [2.24, 2.45) is 5.92 Å². The van der Waals surface area contributed by atoms with Gasteiger partial charge in [0.1, 0.15) is 5.92 Å². The van der Waals surface area contributed by atoms with Gasteiger partial charge in [0.05, 0.1) is 19.2 Å². The molecule has 2 aliphatic rings. The molecule has 104 valence electrons. The third-order valence-corrected chi connectivity index (χ3v) is 3.91. The fourth-order valence-electron chi connectivity index (χ4n) is 2.98. The molecular weight excluding hydrogens is 262 g/mol. The molecule has 2 unspecified atom stereocenters. The minimum absolute atomic E-state index is 0.152. The Labute approximate surface area is 115 Å². The summed E-state index contributed by atoms with van der Waals surface area (Å²) >= 11 is 0. The zero-order chi connectivity index (χ0) is 14.5. The number of carbonyl (C=O) groups excluding carboxylic acids is 3. The summed E-state index contributed by atoms with van der Waals surface area (Å²) in [6, 6.07) is 6.98. The van der Waals surface area contributed by atoms with E-state index in [9.17, 15) is 14.4 Å². The van der Waals surface area contributed by atoms with Crippen molar-refractivity contribution >= 4 is 23.5 Å². The van der Waals surface area contributed by atoms with Crippen molar-refractivity contribution in [1.82, 2.24) is 0 Å². The zero-order valence-corrected chi connectivity index (χ0v) is 11.1. The molecule has 1 aromatic carbocycles. The van der Waals surface area contributed by atoms with E-state index in [0.717, 1.165) is 0 Å². The standard InChI is InChI=1S/C14H13NO5/c1-15-10-6-4-3-5-8(10)14(13(15)18)9(12(17)19-2)7-11(16)20-14/h3-6,9H,7H2,1-2H3. The molecule has 1 amide bonds. The van der Waals surface area contributed by atoms with Crippen molar-refractivity contribution in [3.8, 4) is 0 Å². The summed E-state index contributed by atoms with van der Waals surface area (Å²) in [5.41, 5.74) is -0.398. The van der Waals surface area contributed by atoms with Crippen LogP contribution in [-0.2, 0) is 29.5 Å². The van der Waals surface area contributed by atoms with Gasteiger partial charge in [-0.3, -0.25) is 14.4 Å². The number of para-hydroxylation sites is 1. The monoisotopic (exact) mass is 275 g/mol. The van der Waals surface area contributed by atoms with Crippen LogP contribution in [0.1, 0.15) is 12.0 Å². The maximum absolute atomic E-state index is 12.6. The van der Waals surface area contributed by atoms with E-state index in [1.807, 2.05) is 0 Å². The normalized spacial score (nSPS) is 27.7. The van der Waals surface area contributed by atoms with Crippen molar-refractivity contribution in [3.05, 3.63) is 29.8 Å². The number of carbonyl (C=O) groups is 3. The van der Waals surface area contributed by atoms with Crippen LogP contribution in [0.2, 0.25) is 0 Å². The molecule has 2 aliphatic heterocycles. The number of fused-ring (bicyclic) bond motifs is 2. The maximum atomic E-state index is 12.6. The van der Waals surface area contributed by atoms with Crippen molar-refractivity contribution in [2.45, 2.75) is 12.0 Å². The highest BCUT2D eigenvalue weighted by atomic mass is 16.6. The molecule has 6 nitrogen and oxygen atoms in total. The molecule has 1 fully saturated rings. The molecule has 6 heteroatoms. The molecule has 0 bridgehead atoms. The average molecular weight is 275 g/mol. The number of hydrogen-bond donors (Lipinski definition) is 0. The fourth-order valence-corrected chi connectivity index (χ4v) is 2.98. The van der Waals surface area contributed by atoms with Crippen LogP contribution in [0.25, 0.3) is 0 Å². The first kappa shape index (κ1) is 12.7. The van der Waals surface area contributed by atoms with Crippen molar-refractivity contribution < 1.29 is 23.9 Å². The summed E-state index contributed by atoms with van der Waals surface area (Å²) in [7, 11) is 2.82. The number of methoxy groups -OCH3 is 1. The van der Waals surface area contributed by atoms with Gasteiger partial charge >= 0.3 is 11.9 Å². The van der Waals surface area contributed by atoms with E-state index in [4.69, 9.17) is 9.47 Å². The smallest absolute Gasteiger partial charge is 0.314 e. The third-order valence-electron chi connectivity index (χ3n) is 3.91. The Morgan fingerprint density at radius 1 is 1.40 bits per heavy atom. The predicted molar refractivity (Wildman–Crippen MR) is 67.7 cm³/mol. The Morgan fingerprint density at radius 3 is 2.80 bits per heavy atom. The van der Waals surface area contributed by atoms with Gasteiger partial charge in [-0.25, -0.2) is 0 Å². The predicted octanol–water partition coefficient (Wildman–Crippen LogP) is 0.594. The first-order chi connectivity index (χ1) is 9.52. The summed E-state index contributed by atoms with van der Waals surface area (Å²) in [6.07, 6.45) is -0.152. The number of likely N-dealkylation sites (N-methyl/N-ethyl adjacent to an activating group) is 1. The molecule has 1 spiro atoms. The third kappa shape index (κ3) is 1.36. The lowest BCUT2D eigenvalue weighted by Crippen LogP contribution is -2.46. The zero-order valence-electron chi connectivity index (χ0n) is 11.1. The Hall–Kier alpha value is -2.37. The van der Waals surface area contributed by atoms with Crippen molar-refractivity contribution in [3.63, 3.8) is 0 Å². The van der Waals surface area contributed by atoms with Gasteiger partial charge in [-0.2, -0.15) is 0 Å². The average Bonchev–Trinajstić information content (AvgIpc) is 2.91. The molecule has 1 aromatic rings. The van der Waals surface area contributed by atoms with Gasteiger partial charge in [-0.05, 0) is 6.07 Å². The van der Waals surface area contributed by atoms with Gasteiger partial charge in [0, 0.05) is 12.6 Å². The quantitative estimate of drug-likeness (QED) is 0.701. The number of ether oxygens (including phenoxy) is 2. The van der Waals surface area contributed by atoms with Crippen molar-refractivity contribution in [1.29, 1.82) is 0 Å². The van der Waals surface area contributed by atoms with E-state index in [0.29, 0.717) is 11.3 Å². The second kappa shape index (κ2) is 4.06. The van der Waals surface area contributed by atoms with E-state index >= 15 is 0 Å². The molecule has 0 aliphatic carbocycles. The first-order valence-electron chi connectivity index (χ1n) is 6.19. The van der Waals surface area contributed by atoms with Crippen molar-refractivity contribution in [2.75, 3.05) is 19.1 Å². The summed E-state index contributed by atoms with van der Waals surface area (Å²) in [4.78, 5) is 37.7. The molecule has 1 saturated heterocycles. The molecule has 20 heavy (non-hydrogen) atoms. The lowest BCUT2D eigenvalue weighted by molar-refractivity contribution is -0.165. The number of hydrogen-bond acceptors (Lipinski definition) is 5. The van der Waals surface area contributed by atoms with Gasteiger partial charge < -0.3 is 14.4 Å². The minimum Gasteiger partial charge on any atom is -0.469 e. The first-order valence-corrected chi connectivity index (χ1v) is 6.19. The Bertz CT molecular complexity index is 626. The number of anilines is 1. The van der Waals surface area contributed by atoms with Gasteiger partial charge in [-0.1, -0.05) is 18.2 Å². The van der Waals surface area contributed by atoms with Crippen LogP contribution in [0.5, 0.6) is 0 Å². The Balaban J connectivity index is 2.22. The molecular formula is C14H13NO5. The highest BCUT2D eigenvalue weighted by molar-refractivity contribution is 6.11. The molecule has 0 N–H and O–H groups in total. The highest BCUT2D eigenvalue weighted by Gasteiger charge is 2.65. The fraction of sp³-hybridized carbons (Fsp3) is 0.357. The van der Waals surface area contributed by atoms with Crippen LogP contribution in [0, 0.1) is 5.92 Å². The Morgan fingerprint density at radius 2 is 2.10 bits per heavy atom. The Kier molecular flexibility index (Phi) is 2.57. The van der Waals surface area contributed by atoms with Crippen LogP contribution >= 0.6 is 0 Å². The molecule has 0 saturated carbocycles. The highest BCUT2D eigenvalue weighted by Crippen LogP contribution is 2.51. The molecule has 0 radical (unpaired) electrons. The molecule has 3 rings (SSSR count).